The highest BCUT2D eigenvalue weighted by Gasteiger charge is 2.21. The Bertz CT molecular complexity index is 1150. The van der Waals surface area contributed by atoms with Gasteiger partial charge in [-0.3, -0.25) is 4.79 Å². The van der Waals surface area contributed by atoms with Crippen LogP contribution in [0.1, 0.15) is 20.7 Å². The summed E-state index contributed by atoms with van der Waals surface area (Å²) >= 11 is 0. The molecule has 0 spiro atoms. The molecule has 0 fully saturated rings. The molecule has 9 nitrogen and oxygen atoms in total. The lowest BCUT2D eigenvalue weighted by Crippen LogP contribution is -2.30. The first-order valence-corrected chi connectivity index (χ1v) is 9.26. The van der Waals surface area contributed by atoms with Crippen LogP contribution in [0.25, 0.3) is 11.0 Å². The number of fused-ring (bicyclic) bond motifs is 1. The first-order chi connectivity index (χ1) is 15.0. The van der Waals surface area contributed by atoms with Crippen LogP contribution in [0.3, 0.4) is 0 Å². The summed E-state index contributed by atoms with van der Waals surface area (Å²) in [7, 11) is 4.36. The van der Waals surface area contributed by atoms with E-state index in [-0.39, 0.29) is 29.0 Å². The maximum absolute atomic E-state index is 12.7. The Kier molecular flexibility index (Phi) is 6.88. The highest BCUT2D eigenvalue weighted by Crippen LogP contribution is 2.30. The molecule has 31 heavy (non-hydrogen) atoms. The minimum absolute atomic E-state index is 0.122. The van der Waals surface area contributed by atoms with E-state index in [4.69, 9.17) is 23.4 Å². The van der Waals surface area contributed by atoms with Gasteiger partial charge in [0.05, 0.1) is 20.8 Å². The fourth-order valence-corrected chi connectivity index (χ4v) is 2.89. The highest BCUT2D eigenvalue weighted by atomic mass is 16.5. The first-order valence-electron chi connectivity index (χ1n) is 9.26. The third kappa shape index (κ3) is 4.84. The lowest BCUT2D eigenvalue weighted by molar-refractivity contribution is 0.0727. The Hall–Kier alpha value is -3.85. The van der Waals surface area contributed by atoms with Crippen molar-refractivity contribution in [3.8, 4) is 17.2 Å². The number of ether oxygens (including phenoxy) is 4. The number of nitrogens with one attached hydrogen (secondary N) is 1. The van der Waals surface area contributed by atoms with E-state index in [1.54, 1.807) is 24.3 Å². The van der Waals surface area contributed by atoms with Crippen molar-refractivity contribution in [2.24, 2.45) is 0 Å². The van der Waals surface area contributed by atoms with Gasteiger partial charge in [-0.15, -0.1) is 0 Å². The summed E-state index contributed by atoms with van der Waals surface area (Å²) in [6.07, 6.45) is 0. The third-order valence-electron chi connectivity index (χ3n) is 4.39. The average Bonchev–Trinajstić information content (AvgIpc) is 2.77. The second-order valence-corrected chi connectivity index (χ2v) is 6.32. The van der Waals surface area contributed by atoms with Crippen molar-refractivity contribution >= 4 is 22.8 Å². The van der Waals surface area contributed by atoms with E-state index in [0.717, 1.165) is 0 Å². The largest absolute Gasteiger partial charge is 0.496 e. The summed E-state index contributed by atoms with van der Waals surface area (Å²) in [4.78, 5) is 37.1. The van der Waals surface area contributed by atoms with Gasteiger partial charge >= 0.3 is 11.6 Å². The number of benzene rings is 2. The maximum Gasteiger partial charge on any atom is 0.351 e. The molecule has 0 aliphatic heterocycles. The van der Waals surface area contributed by atoms with Crippen LogP contribution in [0.4, 0.5) is 0 Å². The molecule has 1 aromatic heterocycles. The van der Waals surface area contributed by atoms with Gasteiger partial charge < -0.3 is 28.7 Å². The van der Waals surface area contributed by atoms with Crippen LogP contribution in [0.15, 0.2) is 51.7 Å². The standard InChI is InChI=1S/C22H21NO8/c1-27-10-9-23-20(24)15-11-13-7-8-14(12-18(13)31-21(15)25)30-22(26)19-16(28-2)5-4-6-17(19)29-3/h4-8,11-12H,9-10H2,1-3H3,(H,23,24). The minimum atomic E-state index is -0.808. The molecule has 1 heterocycles. The Morgan fingerprint density at radius 2 is 1.71 bits per heavy atom. The first kappa shape index (κ1) is 21.8. The van der Waals surface area contributed by atoms with Crippen molar-refractivity contribution in [3.05, 3.63) is 64.0 Å². The number of carbonyl (C=O) groups excluding carboxylic acids is 2. The summed E-state index contributed by atoms with van der Waals surface area (Å²) in [6.45, 7) is 0.574. The zero-order valence-electron chi connectivity index (χ0n) is 17.2. The van der Waals surface area contributed by atoms with Crippen LogP contribution in [-0.2, 0) is 4.74 Å². The molecule has 1 amide bonds. The number of amides is 1. The van der Waals surface area contributed by atoms with E-state index < -0.39 is 17.5 Å². The number of methoxy groups -OCH3 is 3. The Morgan fingerprint density at radius 1 is 1.00 bits per heavy atom. The molecule has 0 radical (unpaired) electrons. The van der Waals surface area contributed by atoms with Gasteiger partial charge in [-0.1, -0.05) is 6.07 Å². The summed E-state index contributed by atoms with van der Waals surface area (Å²) in [5.74, 6) is -0.538. The second-order valence-electron chi connectivity index (χ2n) is 6.32. The molecule has 0 unspecified atom stereocenters. The quantitative estimate of drug-likeness (QED) is 0.252. The van der Waals surface area contributed by atoms with E-state index in [0.29, 0.717) is 23.5 Å². The van der Waals surface area contributed by atoms with E-state index >= 15 is 0 Å². The van der Waals surface area contributed by atoms with Crippen LogP contribution < -0.4 is 25.2 Å². The normalized spacial score (nSPS) is 10.5. The summed E-state index contributed by atoms with van der Waals surface area (Å²) < 4.78 is 26.0. The number of rotatable bonds is 8. The van der Waals surface area contributed by atoms with Gasteiger partial charge in [0, 0.05) is 25.1 Å². The van der Waals surface area contributed by atoms with Gasteiger partial charge in [0.25, 0.3) is 5.91 Å². The van der Waals surface area contributed by atoms with Gasteiger partial charge in [-0.05, 0) is 30.3 Å². The third-order valence-corrected chi connectivity index (χ3v) is 4.39. The monoisotopic (exact) mass is 427 g/mol. The van der Waals surface area contributed by atoms with E-state index in [9.17, 15) is 14.4 Å². The smallest absolute Gasteiger partial charge is 0.351 e. The topological polar surface area (TPSA) is 113 Å². The lowest BCUT2D eigenvalue weighted by atomic mass is 10.1. The van der Waals surface area contributed by atoms with Crippen LogP contribution in [0.5, 0.6) is 17.2 Å². The molecule has 2 aromatic carbocycles. The average molecular weight is 427 g/mol. The van der Waals surface area contributed by atoms with Gasteiger partial charge in [-0.25, -0.2) is 9.59 Å². The molecule has 0 saturated carbocycles. The zero-order valence-corrected chi connectivity index (χ0v) is 17.2. The molecule has 1 N–H and O–H groups in total. The van der Waals surface area contributed by atoms with E-state index in [1.165, 1.54) is 39.5 Å². The number of hydrogen-bond donors (Lipinski definition) is 1. The van der Waals surface area contributed by atoms with Crippen molar-refractivity contribution in [1.29, 1.82) is 0 Å². The van der Waals surface area contributed by atoms with Crippen molar-refractivity contribution in [1.82, 2.24) is 5.32 Å². The molecule has 0 saturated heterocycles. The molecular weight excluding hydrogens is 406 g/mol. The lowest BCUT2D eigenvalue weighted by Gasteiger charge is -2.12. The predicted octanol–water partition coefficient (Wildman–Crippen LogP) is 2.41. The summed E-state index contributed by atoms with van der Waals surface area (Å²) in [6, 6.07) is 10.8. The Morgan fingerprint density at radius 3 is 2.35 bits per heavy atom. The van der Waals surface area contributed by atoms with E-state index in [1.807, 2.05) is 0 Å². The van der Waals surface area contributed by atoms with Crippen molar-refractivity contribution in [2.45, 2.75) is 0 Å². The minimum Gasteiger partial charge on any atom is -0.496 e. The fraction of sp³-hybridized carbons (Fsp3) is 0.227. The summed E-state index contributed by atoms with van der Waals surface area (Å²) in [5.41, 5.74) is -0.655. The molecule has 0 bridgehead atoms. The highest BCUT2D eigenvalue weighted by molar-refractivity contribution is 5.98. The van der Waals surface area contributed by atoms with Gasteiger partial charge in [0.1, 0.15) is 34.0 Å². The van der Waals surface area contributed by atoms with Crippen molar-refractivity contribution < 1.29 is 33.0 Å². The molecule has 3 aromatic rings. The van der Waals surface area contributed by atoms with Crippen molar-refractivity contribution in [2.75, 3.05) is 34.5 Å². The molecule has 162 valence electrons. The molecule has 3 rings (SSSR count). The number of esters is 1. The molecule has 0 aliphatic rings. The maximum atomic E-state index is 12.7. The molecule has 9 heteroatoms. The molecular formula is C22H21NO8. The van der Waals surface area contributed by atoms with Crippen molar-refractivity contribution in [3.63, 3.8) is 0 Å². The molecule has 0 atom stereocenters. The van der Waals surface area contributed by atoms with Gasteiger partial charge in [0.15, 0.2) is 0 Å². The van der Waals surface area contributed by atoms with Gasteiger partial charge in [0.2, 0.25) is 0 Å². The van der Waals surface area contributed by atoms with Crippen LogP contribution >= 0.6 is 0 Å². The zero-order chi connectivity index (χ0) is 22.4. The van der Waals surface area contributed by atoms with Gasteiger partial charge in [-0.2, -0.15) is 0 Å². The SMILES string of the molecule is COCCNC(=O)c1cc2ccc(OC(=O)c3c(OC)cccc3OC)cc2oc1=O. The predicted molar refractivity (Wildman–Crippen MR) is 111 cm³/mol. The number of hydrogen-bond acceptors (Lipinski definition) is 8. The number of carbonyl (C=O) groups is 2. The Labute approximate surface area is 177 Å². The fourth-order valence-electron chi connectivity index (χ4n) is 2.89. The Balaban J connectivity index is 1.87. The van der Waals surface area contributed by atoms with Crippen LogP contribution in [0, 0.1) is 0 Å². The molecule has 0 aliphatic carbocycles. The van der Waals surface area contributed by atoms with E-state index in [2.05, 4.69) is 5.32 Å². The van der Waals surface area contributed by atoms with Crippen LogP contribution in [-0.4, -0.2) is 46.4 Å². The second kappa shape index (κ2) is 9.77. The summed E-state index contributed by atoms with van der Waals surface area (Å²) in [5, 5.41) is 3.06. The van der Waals surface area contributed by atoms with Crippen LogP contribution in [0.2, 0.25) is 0 Å².